The Hall–Kier alpha value is -10.3. The summed E-state index contributed by atoms with van der Waals surface area (Å²) in [5, 5.41) is 60.4. The summed E-state index contributed by atoms with van der Waals surface area (Å²) in [6.45, 7) is 34.0. The van der Waals surface area contributed by atoms with Crippen molar-refractivity contribution in [2.45, 2.75) is 312 Å². The summed E-state index contributed by atoms with van der Waals surface area (Å²) in [5.74, 6) is 8.66. The van der Waals surface area contributed by atoms with Crippen LogP contribution in [0.5, 0.6) is 29.1 Å². The molecule has 0 atom stereocenters. The SMILES string of the molecule is C.Cc1nn(C)c2c1CCC2.Cc1nn(C)c2c1CCCC2.Cc1nn(C)c2c1CCCCC2.Cc1nn(C)c2c1CCCCO2.Cc1nn(C)c2c1CCCCS2.Cc1nn(C)c2c1CCCO2.Cc1nn(C)c2c1CCCS2.Cc1nn(C)c2c1CCO2.Cc1nn(C)c2c1CCOC2.Cc1nn(C)c2c1CCS2.Cc1nn(C)c2c1COC2.Cc1nn(C)c2c1OCC2.Cc1nn(C)c2c1OCCC2. The van der Waals surface area contributed by atoms with E-state index in [4.69, 9.17) is 33.2 Å². The van der Waals surface area contributed by atoms with Gasteiger partial charge in [-0.1, -0.05) is 13.8 Å². The number of aryl methyl sites for hydroxylation is 26. The van der Waals surface area contributed by atoms with Crippen molar-refractivity contribution in [3.8, 4) is 29.1 Å². The highest BCUT2D eigenvalue weighted by molar-refractivity contribution is 7.99. The summed E-state index contributed by atoms with van der Waals surface area (Å²) >= 11 is 5.81. The van der Waals surface area contributed by atoms with E-state index in [9.17, 15) is 0 Å². The molecule has 0 N–H and O–H groups in total. The molecule has 0 radical (unpaired) electrons. The second kappa shape index (κ2) is 50.5. The molecule has 0 aromatic carbocycles. The minimum Gasteiger partial charge on any atom is -0.490 e. The van der Waals surface area contributed by atoms with E-state index in [0.717, 1.165) is 186 Å². The molecule has 0 unspecified atom stereocenters. The molecule has 3 aliphatic carbocycles. The summed E-state index contributed by atoms with van der Waals surface area (Å²) in [4.78, 5) is 0. The van der Waals surface area contributed by atoms with Crippen molar-refractivity contribution in [1.82, 2.24) is 127 Å². The second-order valence-corrected chi connectivity index (χ2v) is 42.0. The Balaban J connectivity index is 0.000000129. The molecule has 776 valence electrons. The summed E-state index contributed by atoms with van der Waals surface area (Å²) in [6, 6.07) is 0. The summed E-state index contributed by atoms with van der Waals surface area (Å²) in [7, 11) is 25.9. The van der Waals surface area contributed by atoms with Crippen LogP contribution in [0.25, 0.3) is 0 Å². The highest BCUT2D eigenvalue weighted by atomic mass is 32.2. The van der Waals surface area contributed by atoms with E-state index in [1.165, 1.54) is 290 Å². The van der Waals surface area contributed by atoms with Gasteiger partial charge in [0, 0.05) is 172 Å². The molecule has 0 saturated carbocycles. The molecule has 36 heteroatoms. The monoisotopic (exact) mass is 2010 g/mol. The molecular formula is C106H162N26O7S3. The lowest BCUT2D eigenvalue weighted by molar-refractivity contribution is 0.105. The third kappa shape index (κ3) is 26.1. The molecule has 13 aromatic rings. The number of hydrogen-bond acceptors (Lipinski definition) is 23. The zero-order valence-electron chi connectivity index (χ0n) is 89.5. The highest BCUT2D eigenvalue weighted by Crippen LogP contribution is 2.38. The molecule has 142 heavy (non-hydrogen) atoms. The van der Waals surface area contributed by atoms with E-state index in [-0.39, 0.29) is 7.43 Å². The molecule has 33 nitrogen and oxygen atoms in total. The first-order valence-corrected chi connectivity index (χ1v) is 54.1. The van der Waals surface area contributed by atoms with Gasteiger partial charge >= 0.3 is 0 Å². The molecule has 0 amide bonds. The Kier molecular flexibility index (Phi) is 38.7. The number of aromatic nitrogens is 26. The van der Waals surface area contributed by atoms with Crippen LogP contribution in [0.4, 0.5) is 0 Å². The smallest absolute Gasteiger partial charge is 0.215 e. The Bertz CT molecular complexity index is 5230. The fraction of sp³-hybridized carbons (Fsp3) is 0.632. The first-order chi connectivity index (χ1) is 67.7. The predicted molar refractivity (Wildman–Crippen MR) is 563 cm³/mol. The van der Waals surface area contributed by atoms with Crippen LogP contribution in [0, 0.1) is 90.0 Å². The third-order valence-electron chi connectivity index (χ3n) is 28.5. The maximum atomic E-state index is 5.60. The standard InChI is InChI=1S/C10H16N2.C9H14N2O.C9H14N2S.C9H14N2.3C8H12N2O.C8H12N2S.C8H12N2.3C7H10N2O.C7H10N2S.CH4/c1-8-9-6-4-3-5-7-10(9)12(2)11-8;2*1-7-8-5-3-4-6-12-9(8)11(2)10-7;1-7-8-5-3-4-6-9(8)11(2)10-7;1-6-7-3-4-11-5-8(7)10(2)9-6;1-6-8-7(10(2)9-6)4-3-5-11-8;2*1-6-7-4-3-5-11-8(7)10(2)9-6;1-6-7-4-3-5-8(7)10(2)9-6;1-5-6-3-10-4-7(6)9(2)8-5;1-5-7-6(3-4-10-7)9(2)8-5;2*1-5-6-3-4-10-7(6)9(2)8-5;/h3-7H2,1-2H3;2*3-6H2,1-2H3;3-6H2,1-2H3;4*3-5H2,1-2H3;3-5H2,1-2H3;4*3-4H2,1-2H3;1H4. The van der Waals surface area contributed by atoms with Gasteiger partial charge in [0.2, 0.25) is 17.6 Å². The van der Waals surface area contributed by atoms with Gasteiger partial charge in [0.05, 0.1) is 160 Å². The number of rotatable bonds is 0. The first kappa shape index (κ1) is 109. The van der Waals surface area contributed by atoms with Crippen LogP contribution in [0.3, 0.4) is 0 Å². The van der Waals surface area contributed by atoms with Gasteiger partial charge in [0.1, 0.15) is 11.4 Å². The van der Waals surface area contributed by atoms with Crippen LogP contribution in [0.2, 0.25) is 0 Å². The number of fused-ring (bicyclic) bond motifs is 13. The predicted octanol–water partition coefficient (Wildman–Crippen LogP) is 17.2. The Morgan fingerprint density at radius 2 is 0.465 bits per heavy atom. The van der Waals surface area contributed by atoms with Crippen molar-refractivity contribution in [1.29, 1.82) is 0 Å². The Labute approximate surface area is 855 Å². The number of hydrogen-bond donors (Lipinski definition) is 0. The minimum absolute atomic E-state index is 0. The maximum Gasteiger partial charge on any atom is 0.215 e. The summed E-state index contributed by atoms with van der Waals surface area (Å²) in [5.41, 5.74) is 39.9. The lowest BCUT2D eigenvalue weighted by Crippen LogP contribution is -2.11. The third-order valence-corrected chi connectivity index (χ3v) is 32.2. The van der Waals surface area contributed by atoms with E-state index in [1.54, 1.807) is 4.68 Å². The molecule has 23 heterocycles. The molecular weight excluding hydrogens is 1850 g/mol. The number of ether oxygens (including phenoxy) is 7. The van der Waals surface area contributed by atoms with Gasteiger partial charge in [-0.3, -0.25) is 46.8 Å². The highest BCUT2D eigenvalue weighted by Gasteiger charge is 2.29. The van der Waals surface area contributed by atoms with Gasteiger partial charge in [-0.05, 0) is 279 Å². The van der Waals surface area contributed by atoms with E-state index in [0.29, 0.717) is 0 Å². The normalized spacial score (nSPS) is 16.0. The topological polar surface area (TPSA) is 296 Å². The minimum atomic E-state index is 0. The van der Waals surface area contributed by atoms with Gasteiger partial charge in [-0.25, -0.2) is 14.0 Å². The second-order valence-electron chi connectivity index (χ2n) is 38.8. The van der Waals surface area contributed by atoms with E-state index >= 15 is 0 Å². The average Bonchev–Trinajstić information content (AvgIpc) is 1.66. The van der Waals surface area contributed by atoms with Gasteiger partial charge in [-0.15, -0.1) is 35.3 Å². The fourth-order valence-corrected chi connectivity index (χ4v) is 24.7. The van der Waals surface area contributed by atoms with Crippen molar-refractivity contribution in [3.05, 3.63) is 175 Å². The molecule has 13 aromatic heterocycles. The Morgan fingerprint density at radius 3 is 0.965 bits per heavy atom. The van der Waals surface area contributed by atoms with Gasteiger partial charge < -0.3 is 33.2 Å². The van der Waals surface area contributed by atoms with Crippen LogP contribution in [0.1, 0.15) is 266 Å². The number of thioether (sulfide) groups is 3. The van der Waals surface area contributed by atoms with Crippen molar-refractivity contribution in [2.75, 3.05) is 56.9 Å². The van der Waals surface area contributed by atoms with Crippen LogP contribution in [-0.2, 0) is 217 Å². The van der Waals surface area contributed by atoms with Gasteiger partial charge in [-0.2, -0.15) is 66.3 Å². The van der Waals surface area contributed by atoms with E-state index in [2.05, 4.69) is 134 Å². The lowest BCUT2D eigenvalue weighted by Gasteiger charge is -2.13. The zero-order chi connectivity index (χ0) is 101. The largest absolute Gasteiger partial charge is 0.490 e. The van der Waals surface area contributed by atoms with Crippen LogP contribution in [-0.4, -0.2) is 184 Å². The average molecular weight is 2010 g/mol. The van der Waals surface area contributed by atoms with Crippen molar-refractivity contribution in [3.63, 3.8) is 0 Å². The number of nitrogens with zero attached hydrogens (tertiary/aromatic N) is 26. The molecule has 0 bridgehead atoms. The molecule has 13 aliphatic rings. The lowest BCUT2D eigenvalue weighted by atomic mass is 9.96. The fourth-order valence-electron chi connectivity index (χ4n) is 21.3. The van der Waals surface area contributed by atoms with E-state index < -0.39 is 0 Å². The van der Waals surface area contributed by atoms with Crippen molar-refractivity contribution >= 4 is 35.3 Å². The molecule has 26 rings (SSSR count). The van der Waals surface area contributed by atoms with Crippen LogP contribution >= 0.6 is 35.3 Å². The van der Waals surface area contributed by atoms with E-state index in [1.807, 2.05) is 206 Å². The van der Waals surface area contributed by atoms with Crippen LogP contribution in [0.15, 0.2) is 15.1 Å². The first-order valence-electron chi connectivity index (χ1n) is 51.2. The molecule has 0 fully saturated rings. The summed E-state index contributed by atoms with van der Waals surface area (Å²) in [6.07, 6.45) is 34.2. The quantitative estimate of drug-likeness (QED) is 0.127. The zero-order valence-corrected chi connectivity index (χ0v) is 91.9. The molecule has 0 spiro atoms. The molecule has 10 aliphatic heterocycles. The van der Waals surface area contributed by atoms with Gasteiger partial charge in [0.25, 0.3) is 0 Å². The van der Waals surface area contributed by atoms with Crippen LogP contribution < -0.4 is 23.7 Å². The molecule has 0 saturated heterocycles. The van der Waals surface area contributed by atoms with Gasteiger partial charge in [0.15, 0.2) is 11.5 Å². The summed E-state index contributed by atoms with van der Waals surface area (Å²) < 4.78 is 63.1. The maximum absolute atomic E-state index is 5.60. The van der Waals surface area contributed by atoms with Crippen molar-refractivity contribution < 1.29 is 33.2 Å². The Morgan fingerprint density at radius 1 is 0.183 bits per heavy atom. The van der Waals surface area contributed by atoms with Crippen molar-refractivity contribution in [2.24, 2.45) is 91.6 Å².